The number of alkyl halides is 2. The highest BCUT2D eigenvalue weighted by Crippen LogP contribution is 2.27. The highest BCUT2D eigenvalue weighted by molar-refractivity contribution is 5.58. The Labute approximate surface area is 100 Å². The van der Waals surface area contributed by atoms with Gasteiger partial charge in [0.25, 0.3) is 6.43 Å². The van der Waals surface area contributed by atoms with E-state index in [1.807, 2.05) is 45.0 Å². The van der Waals surface area contributed by atoms with E-state index in [1.165, 1.54) is 6.07 Å². The van der Waals surface area contributed by atoms with Crippen molar-refractivity contribution in [1.82, 2.24) is 0 Å². The van der Waals surface area contributed by atoms with E-state index in [0.717, 1.165) is 11.1 Å². The van der Waals surface area contributed by atoms with Crippen molar-refractivity contribution in [2.75, 3.05) is 0 Å². The lowest BCUT2D eigenvalue weighted by Crippen LogP contribution is -1.78. The Balaban J connectivity index is 0.000000686. The predicted molar refractivity (Wildman–Crippen MR) is 65.2 cm³/mol. The van der Waals surface area contributed by atoms with Crippen LogP contribution in [0.2, 0.25) is 0 Å². The molecule has 17 heavy (non-hydrogen) atoms. The van der Waals surface area contributed by atoms with Crippen molar-refractivity contribution >= 4 is 0 Å². The van der Waals surface area contributed by atoms with Gasteiger partial charge in [0.15, 0.2) is 5.76 Å². The van der Waals surface area contributed by atoms with Gasteiger partial charge in [0, 0.05) is 5.56 Å². The lowest BCUT2D eigenvalue weighted by Gasteiger charge is -1.98. The summed E-state index contributed by atoms with van der Waals surface area (Å²) in [5.41, 5.74) is 1.89. The second-order valence-electron chi connectivity index (χ2n) is 3.37. The number of hydrogen-bond acceptors (Lipinski definition) is 1. The number of furan rings is 1. The van der Waals surface area contributed by atoms with Crippen molar-refractivity contribution < 1.29 is 13.2 Å². The van der Waals surface area contributed by atoms with Crippen LogP contribution in [-0.4, -0.2) is 0 Å². The summed E-state index contributed by atoms with van der Waals surface area (Å²) in [6, 6.07) is 10.4. The molecule has 2 aromatic rings. The molecule has 0 unspecified atom stereocenters. The zero-order valence-electron chi connectivity index (χ0n) is 10.2. The molecular formula is C14H16F2O. The number of hydrogen-bond donors (Lipinski definition) is 0. The normalized spacial score (nSPS) is 10.0. The van der Waals surface area contributed by atoms with Crippen LogP contribution in [-0.2, 0) is 0 Å². The van der Waals surface area contributed by atoms with Crippen LogP contribution >= 0.6 is 0 Å². The fourth-order valence-electron chi connectivity index (χ4n) is 1.42. The van der Waals surface area contributed by atoms with Gasteiger partial charge in [0.2, 0.25) is 0 Å². The summed E-state index contributed by atoms with van der Waals surface area (Å²) in [7, 11) is 0. The predicted octanol–water partition coefficient (Wildman–Crippen LogP) is 5.22. The van der Waals surface area contributed by atoms with Crippen molar-refractivity contribution in [3.05, 3.63) is 47.7 Å². The van der Waals surface area contributed by atoms with Gasteiger partial charge in [0.1, 0.15) is 5.76 Å². The summed E-state index contributed by atoms with van der Waals surface area (Å²) in [6.45, 7) is 5.94. The summed E-state index contributed by atoms with van der Waals surface area (Å²) >= 11 is 0. The zero-order valence-corrected chi connectivity index (χ0v) is 10.2. The van der Waals surface area contributed by atoms with E-state index in [-0.39, 0.29) is 5.76 Å². The smallest absolute Gasteiger partial charge is 0.295 e. The first-order chi connectivity index (χ1) is 8.16. The molecule has 0 atom stereocenters. The Morgan fingerprint density at radius 2 is 1.76 bits per heavy atom. The Bertz CT molecular complexity index is 461. The van der Waals surface area contributed by atoms with E-state index in [1.54, 1.807) is 6.07 Å². The van der Waals surface area contributed by atoms with Crippen molar-refractivity contribution in [1.29, 1.82) is 0 Å². The lowest BCUT2D eigenvalue weighted by atomic mass is 10.1. The fraction of sp³-hybridized carbons (Fsp3) is 0.286. The molecule has 0 amide bonds. The third kappa shape index (κ3) is 3.41. The zero-order chi connectivity index (χ0) is 12.8. The quantitative estimate of drug-likeness (QED) is 0.699. The second-order valence-corrected chi connectivity index (χ2v) is 3.37. The average Bonchev–Trinajstić information content (AvgIpc) is 2.81. The fourth-order valence-corrected chi connectivity index (χ4v) is 1.42. The highest BCUT2D eigenvalue weighted by atomic mass is 19.3. The summed E-state index contributed by atoms with van der Waals surface area (Å²) in [4.78, 5) is 0. The minimum absolute atomic E-state index is 0.286. The molecule has 1 heterocycles. The van der Waals surface area contributed by atoms with E-state index in [4.69, 9.17) is 4.42 Å². The van der Waals surface area contributed by atoms with Crippen molar-refractivity contribution in [3.63, 3.8) is 0 Å². The van der Waals surface area contributed by atoms with Gasteiger partial charge in [-0.05, 0) is 25.1 Å². The Morgan fingerprint density at radius 3 is 2.29 bits per heavy atom. The molecule has 0 saturated carbocycles. The monoisotopic (exact) mass is 238 g/mol. The summed E-state index contributed by atoms with van der Waals surface area (Å²) < 4.78 is 29.6. The lowest BCUT2D eigenvalue weighted by molar-refractivity contribution is 0.123. The van der Waals surface area contributed by atoms with Crippen molar-refractivity contribution in [3.8, 4) is 11.3 Å². The number of aryl methyl sites for hydroxylation is 1. The van der Waals surface area contributed by atoms with Gasteiger partial charge in [-0.15, -0.1) is 0 Å². The minimum atomic E-state index is -2.55. The summed E-state index contributed by atoms with van der Waals surface area (Å²) in [5, 5.41) is 0. The molecule has 1 aromatic heterocycles. The van der Waals surface area contributed by atoms with E-state index >= 15 is 0 Å². The van der Waals surface area contributed by atoms with E-state index in [2.05, 4.69) is 0 Å². The molecule has 0 saturated heterocycles. The summed E-state index contributed by atoms with van der Waals surface area (Å²) in [5.74, 6) is 0.195. The number of benzene rings is 1. The molecule has 0 bridgehead atoms. The molecule has 0 aliphatic rings. The van der Waals surface area contributed by atoms with E-state index in [9.17, 15) is 8.78 Å². The van der Waals surface area contributed by atoms with Crippen molar-refractivity contribution in [2.45, 2.75) is 27.2 Å². The van der Waals surface area contributed by atoms with Crippen LogP contribution in [0.4, 0.5) is 8.78 Å². The third-order valence-corrected chi connectivity index (χ3v) is 2.14. The maximum absolute atomic E-state index is 12.3. The van der Waals surface area contributed by atoms with Gasteiger partial charge >= 0.3 is 0 Å². The van der Waals surface area contributed by atoms with E-state index < -0.39 is 6.43 Å². The van der Waals surface area contributed by atoms with Crippen LogP contribution in [0.1, 0.15) is 31.6 Å². The van der Waals surface area contributed by atoms with Crippen LogP contribution in [0, 0.1) is 6.92 Å². The van der Waals surface area contributed by atoms with Gasteiger partial charge in [-0.25, -0.2) is 8.78 Å². The average molecular weight is 238 g/mol. The molecular weight excluding hydrogens is 222 g/mol. The van der Waals surface area contributed by atoms with E-state index in [0.29, 0.717) is 5.76 Å². The summed E-state index contributed by atoms with van der Waals surface area (Å²) in [6.07, 6.45) is -2.55. The number of halogens is 2. The molecule has 0 aliphatic carbocycles. The molecule has 1 nitrogen and oxygen atoms in total. The standard InChI is InChI=1S/C12H10F2O.C2H6/c1-8-3-2-4-9(7-8)10-5-6-11(15-10)12(13)14;1-2/h2-7,12H,1H3;1-2H3. The molecule has 1 aromatic carbocycles. The Kier molecular flexibility index (Phi) is 4.88. The second kappa shape index (κ2) is 6.18. The maximum atomic E-state index is 12.3. The van der Waals surface area contributed by atoms with Crippen LogP contribution < -0.4 is 0 Å². The van der Waals surface area contributed by atoms with Gasteiger partial charge in [-0.3, -0.25) is 0 Å². The number of rotatable bonds is 2. The molecule has 2 rings (SSSR count). The van der Waals surface area contributed by atoms with Gasteiger partial charge in [-0.1, -0.05) is 37.6 Å². The molecule has 3 heteroatoms. The van der Waals surface area contributed by atoms with Crippen molar-refractivity contribution in [2.24, 2.45) is 0 Å². The van der Waals surface area contributed by atoms with Gasteiger partial charge in [0.05, 0.1) is 0 Å². The maximum Gasteiger partial charge on any atom is 0.295 e. The topological polar surface area (TPSA) is 13.1 Å². The molecule has 0 N–H and O–H groups in total. The van der Waals surface area contributed by atoms with Crippen LogP contribution in [0.5, 0.6) is 0 Å². The van der Waals surface area contributed by atoms with Crippen LogP contribution in [0.25, 0.3) is 11.3 Å². The molecule has 0 spiro atoms. The molecule has 92 valence electrons. The minimum Gasteiger partial charge on any atom is -0.455 e. The first-order valence-electron chi connectivity index (χ1n) is 5.62. The Hall–Kier alpha value is -1.64. The van der Waals surface area contributed by atoms with Gasteiger partial charge < -0.3 is 4.42 Å². The highest BCUT2D eigenvalue weighted by Gasteiger charge is 2.12. The third-order valence-electron chi connectivity index (χ3n) is 2.14. The largest absolute Gasteiger partial charge is 0.455 e. The molecule has 0 fully saturated rings. The Morgan fingerprint density at radius 1 is 1.06 bits per heavy atom. The van der Waals surface area contributed by atoms with Crippen LogP contribution in [0.3, 0.4) is 0 Å². The van der Waals surface area contributed by atoms with Crippen LogP contribution in [0.15, 0.2) is 40.8 Å². The SMILES string of the molecule is CC.Cc1cccc(-c2ccc(C(F)F)o2)c1. The molecule has 0 radical (unpaired) electrons. The first-order valence-corrected chi connectivity index (χ1v) is 5.62. The first kappa shape index (κ1) is 13.4. The van der Waals surface area contributed by atoms with Gasteiger partial charge in [-0.2, -0.15) is 0 Å². The molecule has 0 aliphatic heterocycles.